The Kier molecular flexibility index (Phi) is 1.88. The van der Waals surface area contributed by atoms with Crippen LogP contribution in [0.2, 0.25) is 0 Å². The Morgan fingerprint density at radius 1 is 1.46 bits per heavy atom. The quantitative estimate of drug-likeness (QED) is 0.685. The molecular formula is C9H14NO2P. The normalized spacial score (nSPS) is 17.8. The molecule has 2 rings (SSSR count). The molecule has 4 heteroatoms. The first kappa shape index (κ1) is 9.01. The molecule has 0 amide bonds. The molecule has 13 heavy (non-hydrogen) atoms. The van der Waals surface area contributed by atoms with Crippen LogP contribution in [0.25, 0.3) is 0 Å². The zero-order chi connectivity index (χ0) is 9.64. The maximum atomic E-state index is 12.0. The third-order valence-corrected chi connectivity index (χ3v) is 3.96. The summed E-state index contributed by atoms with van der Waals surface area (Å²) in [6.07, 6.45) is 2.31. The van der Waals surface area contributed by atoms with E-state index in [0.717, 1.165) is 29.6 Å². The molecule has 3 nitrogen and oxygen atoms in total. The second kappa shape index (κ2) is 2.71. The summed E-state index contributed by atoms with van der Waals surface area (Å²) >= 11 is 0. The van der Waals surface area contributed by atoms with Gasteiger partial charge < -0.3 is 9.09 Å². The van der Waals surface area contributed by atoms with Crippen molar-refractivity contribution >= 4 is 12.4 Å². The van der Waals surface area contributed by atoms with Crippen molar-refractivity contribution in [2.75, 3.05) is 13.3 Å². The van der Waals surface area contributed by atoms with Crippen LogP contribution in [0.5, 0.6) is 0 Å². The van der Waals surface area contributed by atoms with Gasteiger partial charge in [-0.15, -0.1) is 0 Å². The molecule has 0 unspecified atom stereocenters. The minimum Gasteiger partial charge on any atom is -0.360 e. The summed E-state index contributed by atoms with van der Waals surface area (Å²) in [6, 6.07) is 0. The van der Waals surface area contributed by atoms with Gasteiger partial charge in [-0.2, -0.15) is 0 Å². The summed E-state index contributed by atoms with van der Waals surface area (Å²) in [5.74, 6) is 1.37. The SMILES string of the molecule is Cc1noc(C2CC2)c1P(C)(C)=O. The molecule has 0 bridgehead atoms. The Bertz CT molecular complexity index is 373. The summed E-state index contributed by atoms with van der Waals surface area (Å²) in [4.78, 5) is 0. The van der Waals surface area contributed by atoms with E-state index in [1.807, 2.05) is 6.92 Å². The number of aromatic nitrogens is 1. The van der Waals surface area contributed by atoms with Gasteiger partial charge in [0.25, 0.3) is 0 Å². The fourth-order valence-electron chi connectivity index (χ4n) is 1.65. The highest BCUT2D eigenvalue weighted by atomic mass is 31.2. The van der Waals surface area contributed by atoms with Crippen molar-refractivity contribution < 1.29 is 9.09 Å². The average molecular weight is 199 g/mol. The van der Waals surface area contributed by atoms with Gasteiger partial charge in [0.05, 0.1) is 11.0 Å². The molecule has 1 aromatic heterocycles. The highest BCUT2D eigenvalue weighted by molar-refractivity contribution is 7.70. The van der Waals surface area contributed by atoms with Crippen LogP contribution in [0.4, 0.5) is 0 Å². The van der Waals surface area contributed by atoms with Crippen LogP contribution in [0, 0.1) is 6.92 Å². The highest BCUT2D eigenvalue weighted by Crippen LogP contribution is 2.46. The first-order chi connectivity index (χ1) is 6.00. The van der Waals surface area contributed by atoms with E-state index in [1.165, 1.54) is 0 Å². The minimum absolute atomic E-state index is 0.490. The Morgan fingerprint density at radius 3 is 2.54 bits per heavy atom. The summed E-state index contributed by atoms with van der Waals surface area (Å²) in [7, 11) is -2.22. The Balaban J connectivity index is 2.52. The average Bonchev–Trinajstić information content (AvgIpc) is 2.73. The van der Waals surface area contributed by atoms with E-state index in [1.54, 1.807) is 13.3 Å². The molecular weight excluding hydrogens is 185 g/mol. The van der Waals surface area contributed by atoms with E-state index in [4.69, 9.17) is 4.52 Å². The minimum atomic E-state index is -2.22. The largest absolute Gasteiger partial charge is 0.360 e. The number of nitrogens with zero attached hydrogens (tertiary/aromatic N) is 1. The van der Waals surface area contributed by atoms with E-state index < -0.39 is 7.14 Å². The fourth-order valence-corrected chi connectivity index (χ4v) is 3.23. The lowest BCUT2D eigenvalue weighted by Crippen LogP contribution is -2.08. The first-order valence-corrected chi connectivity index (χ1v) is 7.12. The summed E-state index contributed by atoms with van der Waals surface area (Å²) in [5.41, 5.74) is 0.801. The standard InChI is InChI=1S/C9H14NO2P/c1-6-9(13(2,3)11)8(12-10-6)7-4-5-7/h7H,4-5H2,1-3H3. The van der Waals surface area contributed by atoms with E-state index in [0.29, 0.717) is 5.92 Å². The third-order valence-electron chi connectivity index (χ3n) is 2.34. The number of hydrogen-bond acceptors (Lipinski definition) is 3. The summed E-state index contributed by atoms with van der Waals surface area (Å²) in [5, 5.41) is 4.78. The van der Waals surface area contributed by atoms with Crippen LogP contribution in [0.3, 0.4) is 0 Å². The van der Waals surface area contributed by atoms with Gasteiger partial charge >= 0.3 is 0 Å². The smallest absolute Gasteiger partial charge is 0.150 e. The zero-order valence-corrected chi connectivity index (χ0v) is 9.10. The second-order valence-corrected chi connectivity index (χ2v) is 7.25. The van der Waals surface area contributed by atoms with Gasteiger partial charge in [-0.3, -0.25) is 0 Å². The van der Waals surface area contributed by atoms with E-state index in [2.05, 4.69) is 5.16 Å². The Hall–Kier alpha value is -0.560. The van der Waals surface area contributed by atoms with Gasteiger partial charge in [0, 0.05) is 5.92 Å². The van der Waals surface area contributed by atoms with Gasteiger partial charge in [0.1, 0.15) is 7.14 Å². The molecule has 0 spiro atoms. The van der Waals surface area contributed by atoms with Crippen LogP contribution in [-0.2, 0) is 4.57 Å². The van der Waals surface area contributed by atoms with Gasteiger partial charge in [0.2, 0.25) is 0 Å². The maximum absolute atomic E-state index is 12.0. The van der Waals surface area contributed by atoms with Crippen LogP contribution in [-0.4, -0.2) is 18.5 Å². The lowest BCUT2D eigenvalue weighted by molar-refractivity contribution is 0.381. The van der Waals surface area contributed by atoms with Gasteiger partial charge in [-0.05, 0) is 33.1 Å². The number of hydrogen-bond donors (Lipinski definition) is 0. The van der Waals surface area contributed by atoms with Crippen molar-refractivity contribution in [2.24, 2.45) is 0 Å². The van der Waals surface area contributed by atoms with Crippen LogP contribution in [0.1, 0.15) is 30.2 Å². The van der Waals surface area contributed by atoms with Crippen molar-refractivity contribution in [3.8, 4) is 0 Å². The predicted octanol–water partition coefficient (Wildman–Crippen LogP) is 2.11. The van der Waals surface area contributed by atoms with Gasteiger partial charge in [-0.1, -0.05) is 5.16 Å². The Morgan fingerprint density at radius 2 is 2.08 bits per heavy atom. The van der Waals surface area contributed by atoms with Crippen molar-refractivity contribution in [3.63, 3.8) is 0 Å². The summed E-state index contributed by atoms with van der Waals surface area (Å²) in [6.45, 7) is 5.42. The lowest BCUT2D eigenvalue weighted by atomic mass is 10.3. The van der Waals surface area contributed by atoms with E-state index >= 15 is 0 Å². The van der Waals surface area contributed by atoms with Crippen molar-refractivity contribution in [1.29, 1.82) is 0 Å². The molecule has 1 saturated carbocycles. The van der Waals surface area contributed by atoms with Crippen molar-refractivity contribution in [1.82, 2.24) is 5.16 Å². The first-order valence-electron chi connectivity index (χ1n) is 4.52. The van der Waals surface area contributed by atoms with Crippen LogP contribution in [0.15, 0.2) is 4.52 Å². The highest BCUT2D eigenvalue weighted by Gasteiger charge is 2.35. The molecule has 1 fully saturated rings. The fraction of sp³-hybridized carbons (Fsp3) is 0.667. The van der Waals surface area contributed by atoms with Crippen LogP contribution >= 0.6 is 7.14 Å². The molecule has 0 aliphatic heterocycles. The van der Waals surface area contributed by atoms with E-state index in [9.17, 15) is 4.57 Å². The number of rotatable bonds is 2. The molecule has 1 aromatic rings. The maximum Gasteiger partial charge on any atom is 0.150 e. The second-order valence-electron chi connectivity index (χ2n) is 4.11. The molecule has 0 N–H and O–H groups in total. The van der Waals surface area contributed by atoms with Crippen molar-refractivity contribution in [2.45, 2.75) is 25.7 Å². The summed E-state index contributed by atoms with van der Waals surface area (Å²) < 4.78 is 17.2. The van der Waals surface area contributed by atoms with E-state index in [-0.39, 0.29) is 0 Å². The number of aryl methyl sites for hydroxylation is 1. The molecule has 0 aromatic carbocycles. The topological polar surface area (TPSA) is 43.1 Å². The monoisotopic (exact) mass is 199 g/mol. The van der Waals surface area contributed by atoms with Gasteiger partial charge in [-0.25, -0.2) is 0 Å². The molecule has 1 aliphatic rings. The molecule has 0 saturated heterocycles. The Labute approximate surface area is 77.9 Å². The van der Waals surface area contributed by atoms with Crippen LogP contribution < -0.4 is 5.30 Å². The molecule has 0 radical (unpaired) electrons. The predicted molar refractivity (Wildman–Crippen MR) is 52.3 cm³/mol. The lowest BCUT2D eigenvalue weighted by Gasteiger charge is -2.05. The zero-order valence-electron chi connectivity index (χ0n) is 8.20. The molecule has 72 valence electrons. The van der Waals surface area contributed by atoms with Crippen molar-refractivity contribution in [3.05, 3.63) is 11.5 Å². The van der Waals surface area contributed by atoms with Gasteiger partial charge in [0.15, 0.2) is 5.76 Å². The third kappa shape index (κ3) is 1.58. The molecule has 1 heterocycles. The molecule has 1 aliphatic carbocycles. The molecule has 0 atom stereocenters.